The molecule has 0 saturated heterocycles. The van der Waals surface area contributed by atoms with Crippen molar-refractivity contribution in [2.75, 3.05) is 6.61 Å². The van der Waals surface area contributed by atoms with Gasteiger partial charge >= 0.3 is 5.97 Å². The first-order valence-electron chi connectivity index (χ1n) is 15.8. The van der Waals surface area contributed by atoms with Gasteiger partial charge in [-0.25, -0.2) is 0 Å². The molecule has 0 radical (unpaired) electrons. The van der Waals surface area contributed by atoms with Crippen molar-refractivity contribution in [3.8, 4) is 0 Å². The lowest BCUT2D eigenvalue weighted by atomic mass is 9.74. The number of carbonyl (C=O) groups excluding carboxylic acids is 1. The molecular formula is C32H64O2. The lowest BCUT2D eigenvalue weighted by Crippen LogP contribution is -2.33. The Morgan fingerprint density at radius 3 is 0.971 bits per heavy atom. The van der Waals surface area contributed by atoms with Gasteiger partial charge in [0.2, 0.25) is 0 Å². The van der Waals surface area contributed by atoms with E-state index in [1.165, 1.54) is 141 Å². The molecule has 0 fully saturated rings. The van der Waals surface area contributed by atoms with E-state index in [-0.39, 0.29) is 11.4 Å². The molecule has 0 saturated carbocycles. The maximum Gasteiger partial charge on any atom is 0.312 e. The van der Waals surface area contributed by atoms with Crippen LogP contribution in [0.15, 0.2) is 0 Å². The van der Waals surface area contributed by atoms with E-state index in [2.05, 4.69) is 20.8 Å². The average molecular weight is 481 g/mol. The van der Waals surface area contributed by atoms with Crippen LogP contribution in [0, 0.1) is 5.41 Å². The highest BCUT2D eigenvalue weighted by Crippen LogP contribution is 2.39. The zero-order chi connectivity index (χ0) is 25.2. The van der Waals surface area contributed by atoms with Gasteiger partial charge in [0.1, 0.15) is 0 Å². The number of hydrogen-bond donors (Lipinski definition) is 0. The standard InChI is InChI=1S/C32H64O2/c1-5-9-12-15-16-17-18-19-20-21-24-27-30-32(31(33)34-8-4,28-25-22-13-10-6-2)29-26-23-14-11-7-3/h5-30H2,1-4H3. The number of hydrogen-bond acceptors (Lipinski definition) is 2. The molecular weight excluding hydrogens is 416 g/mol. The highest BCUT2D eigenvalue weighted by molar-refractivity contribution is 5.76. The van der Waals surface area contributed by atoms with Crippen molar-refractivity contribution in [1.82, 2.24) is 0 Å². The molecule has 0 heterocycles. The summed E-state index contributed by atoms with van der Waals surface area (Å²) in [7, 11) is 0. The fraction of sp³-hybridized carbons (Fsp3) is 0.969. The first-order chi connectivity index (χ1) is 16.7. The second-order valence-corrected chi connectivity index (χ2v) is 11.0. The maximum absolute atomic E-state index is 13.2. The molecule has 0 atom stereocenters. The van der Waals surface area contributed by atoms with Gasteiger partial charge in [-0.15, -0.1) is 0 Å². The zero-order valence-corrected chi connectivity index (χ0v) is 24.2. The minimum Gasteiger partial charge on any atom is -0.466 e. The van der Waals surface area contributed by atoms with E-state index < -0.39 is 0 Å². The molecule has 0 aromatic heterocycles. The van der Waals surface area contributed by atoms with E-state index in [1.807, 2.05) is 6.92 Å². The van der Waals surface area contributed by atoms with Crippen LogP contribution in [0.4, 0.5) is 0 Å². The summed E-state index contributed by atoms with van der Waals surface area (Å²) in [6.07, 6.45) is 32.3. The lowest BCUT2D eigenvalue weighted by Gasteiger charge is -2.32. The molecule has 0 rings (SSSR count). The molecule has 2 heteroatoms. The Bertz CT molecular complexity index is 403. The molecule has 0 aromatic rings. The van der Waals surface area contributed by atoms with Crippen molar-refractivity contribution in [2.45, 2.75) is 188 Å². The molecule has 0 aromatic carbocycles. The van der Waals surface area contributed by atoms with E-state index in [0.717, 1.165) is 19.3 Å². The summed E-state index contributed by atoms with van der Waals surface area (Å²) in [6.45, 7) is 9.32. The van der Waals surface area contributed by atoms with Gasteiger partial charge in [-0.2, -0.15) is 0 Å². The minimum atomic E-state index is -0.215. The highest BCUT2D eigenvalue weighted by atomic mass is 16.5. The van der Waals surface area contributed by atoms with Crippen molar-refractivity contribution in [2.24, 2.45) is 5.41 Å². The van der Waals surface area contributed by atoms with Crippen LogP contribution in [0.1, 0.15) is 188 Å². The van der Waals surface area contributed by atoms with Gasteiger partial charge in [0.15, 0.2) is 0 Å². The van der Waals surface area contributed by atoms with Gasteiger partial charge in [0.05, 0.1) is 12.0 Å². The van der Waals surface area contributed by atoms with Gasteiger partial charge in [0.25, 0.3) is 0 Å². The van der Waals surface area contributed by atoms with Crippen LogP contribution in [0.2, 0.25) is 0 Å². The third-order valence-corrected chi connectivity index (χ3v) is 7.74. The molecule has 0 aliphatic heterocycles. The largest absolute Gasteiger partial charge is 0.466 e. The Morgan fingerprint density at radius 1 is 0.441 bits per heavy atom. The Balaban J connectivity index is 4.48. The average Bonchev–Trinajstić information content (AvgIpc) is 2.84. The summed E-state index contributed by atoms with van der Waals surface area (Å²) in [5, 5.41) is 0. The molecule has 0 aliphatic rings. The molecule has 0 unspecified atom stereocenters. The first kappa shape index (κ1) is 33.5. The third kappa shape index (κ3) is 18.8. The smallest absolute Gasteiger partial charge is 0.312 e. The molecule has 0 aliphatic carbocycles. The fourth-order valence-corrected chi connectivity index (χ4v) is 5.40. The van der Waals surface area contributed by atoms with Gasteiger partial charge < -0.3 is 4.74 Å². The monoisotopic (exact) mass is 480 g/mol. The molecule has 0 bridgehead atoms. The van der Waals surface area contributed by atoms with Crippen LogP contribution in [0.25, 0.3) is 0 Å². The van der Waals surface area contributed by atoms with Crippen LogP contribution in [0.3, 0.4) is 0 Å². The Labute approximate surface area is 215 Å². The molecule has 0 spiro atoms. The second-order valence-electron chi connectivity index (χ2n) is 11.0. The van der Waals surface area contributed by atoms with Gasteiger partial charge in [-0.3, -0.25) is 4.79 Å². The normalized spacial score (nSPS) is 11.8. The lowest BCUT2D eigenvalue weighted by molar-refractivity contribution is -0.157. The Kier molecular flexibility index (Phi) is 25.2. The van der Waals surface area contributed by atoms with Gasteiger partial charge in [0, 0.05) is 0 Å². The Morgan fingerprint density at radius 2 is 0.706 bits per heavy atom. The molecule has 2 nitrogen and oxygen atoms in total. The van der Waals surface area contributed by atoms with E-state index in [0.29, 0.717) is 6.61 Å². The number of unbranched alkanes of at least 4 members (excludes halogenated alkanes) is 19. The predicted octanol–water partition coefficient (Wildman–Crippen LogP) is 11.3. The SMILES string of the molecule is CCCCCCCCCCCCCCC(CCCCCCC)(CCCCCCC)C(=O)OCC. The summed E-state index contributed by atoms with van der Waals surface area (Å²) in [6, 6.07) is 0. The summed E-state index contributed by atoms with van der Waals surface area (Å²) in [5.41, 5.74) is -0.215. The predicted molar refractivity (Wildman–Crippen MR) is 152 cm³/mol. The number of ether oxygens (including phenoxy) is 1. The number of carbonyl (C=O) groups is 1. The highest BCUT2D eigenvalue weighted by Gasteiger charge is 2.38. The van der Waals surface area contributed by atoms with Crippen LogP contribution in [-0.2, 0) is 9.53 Å². The van der Waals surface area contributed by atoms with Crippen LogP contribution < -0.4 is 0 Å². The summed E-state index contributed by atoms with van der Waals surface area (Å²) in [5.74, 6) is 0.115. The number of esters is 1. The first-order valence-corrected chi connectivity index (χ1v) is 15.8. The fourth-order valence-electron chi connectivity index (χ4n) is 5.40. The van der Waals surface area contributed by atoms with Crippen molar-refractivity contribution in [1.29, 1.82) is 0 Å². The van der Waals surface area contributed by atoms with Crippen LogP contribution >= 0.6 is 0 Å². The van der Waals surface area contributed by atoms with Crippen LogP contribution in [0.5, 0.6) is 0 Å². The van der Waals surface area contributed by atoms with Gasteiger partial charge in [-0.1, -0.05) is 162 Å². The van der Waals surface area contributed by atoms with Crippen molar-refractivity contribution in [3.63, 3.8) is 0 Å². The summed E-state index contributed by atoms with van der Waals surface area (Å²) < 4.78 is 5.68. The van der Waals surface area contributed by atoms with Crippen molar-refractivity contribution < 1.29 is 9.53 Å². The van der Waals surface area contributed by atoms with E-state index in [4.69, 9.17) is 4.74 Å². The third-order valence-electron chi connectivity index (χ3n) is 7.74. The molecule has 204 valence electrons. The van der Waals surface area contributed by atoms with E-state index in [1.54, 1.807) is 0 Å². The maximum atomic E-state index is 13.2. The number of rotatable bonds is 27. The zero-order valence-electron chi connectivity index (χ0n) is 24.2. The Hall–Kier alpha value is -0.530. The topological polar surface area (TPSA) is 26.3 Å². The minimum absolute atomic E-state index is 0.115. The van der Waals surface area contributed by atoms with Crippen molar-refractivity contribution >= 4 is 5.97 Å². The molecule has 0 amide bonds. The second kappa shape index (κ2) is 25.6. The van der Waals surface area contributed by atoms with E-state index in [9.17, 15) is 4.79 Å². The van der Waals surface area contributed by atoms with Crippen LogP contribution in [-0.4, -0.2) is 12.6 Å². The molecule has 0 N–H and O–H groups in total. The summed E-state index contributed by atoms with van der Waals surface area (Å²) in [4.78, 5) is 13.2. The van der Waals surface area contributed by atoms with Crippen molar-refractivity contribution in [3.05, 3.63) is 0 Å². The molecule has 34 heavy (non-hydrogen) atoms. The van der Waals surface area contributed by atoms with E-state index >= 15 is 0 Å². The summed E-state index contributed by atoms with van der Waals surface area (Å²) >= 11 is 0. The van der Waals surface area contributed by atoms with Gasteiger partial charge in [-0.05, 0) is 26.2 Å². The quantitative estimate of drug-likeness (QED) is 0.0862.